The molecule has 9 heteroatoms. The molecular formula is C30H35N5O3S. The smallest absolute Gasteiger partial charge is 0.243 e. The van der Waals surface area contributed by atoms with Gasteiger partial charge in [-0.3, -0.25) is 4.90 Å². The molecule has 3 aromatic carbocycles. The van der Waals surface area contributed by atoms with Crippen molar-refractivity contribution in [3.05, 3.63) is 84.2 Å². The molecule has 1 aliphatic rings. The van der Waals surface area contributed by atoms with E-state index in [0.29, 0.717) is 36.9 Å². The van der Waals surface area contributed by atoms with Gasteiger partial charge in [-0.1, -0.05) is 43.7 Å². The number of sulfonamides is 1. The highest BCUT2D eigenvalue weighted by Gasteiger charge is 2.31. The van der Waals surface area contributed by atoms with Gasteiger partial charge in [-0.15, -0.1) is 0 Å². The van der Waals surface area contributed by atoms with Gasteiger partial charge in [0, 0.05) is 43.3 Å². The van der Waals surface area contributed by atoms with E-state index >= 15 is 0 Å². The molecule has 0 amide bonds. The first-order valence-electron chi connectivity index (χ1n) is 13.4. The molecule has 204 valence electrons. The van der Waals surface area contributed by atoms with Crippen LogP contribution in [0.1, 0.15) is 37.7 Å². The van der Waals surface area contributed by atoms with E-state index in [4.69, 9.17) is 14.7 Å². The molecular weight excluding hydrogens is 510 g/mol. The molecule has 1 aromatic heterocycles. The Labute approximate surface area is 230 Å². The summed E-state index contributed by atoms with van der Waals surface area (Å²) in [5.41, 5.74) is 2.89. The highest BCUT2D eigenvalue weighted by Crippen LogP contribution is 2.29. The van der Waals surface area contributed by atoms with Crippen LogP contribution in [0.4, 0.5) is 11.5 Å². The van der Waals surface area contributed by atoms with Crippen LogP contribution in [0, 0.1) is 0 Å². The summed E-state index contributed by atoms with van der Waals surface area (Å²) < 4.78 is 33.5. The number of fused-ring (bicyclic) bond motifs is 1. The first-order chi connectivity index (χ1) is 18.9. The number of piperazine rings is 1. The molecule has 5 rings (SSSR count). The van der Waals surface area contributed by atoms with Crippen molar-refractivity contribution in [2.24, 2.45) is 0 Å². The van der Waals surface area contributed by atoms with E-state index in [2.05, 4.69) is 24.1 Å². The Hall–Kier alpha value is -3.53. The minimum Gasteiger partial charge on any atom is -0.497 e. The minimum atomic E-state index is -3.53. The number of nitrogens with one attached hydrogen (secondary N) is 1. The van der Waals surface area contributed by atoms with Gasteiger partial charge in [0.1, 0.15) is 17.4 Å². The highest BCUT2D eigenvalue weighted by atomic mass is 32.2. The average molecular weight is 546 g/mol. The topological polar surface area (TPSA) is 87.7 Å². The van der Waals surface area contributed by atoms with Crippen LogP contribution in [-0.4, -0.2) is 60.9 Å². The first kappa shape index (κ1) is 27.1. The van der Waals surface area contributed by atoms with E-state index in [9.17, 15) is 8.42 Å². The van der Waals surface area contributed by atoms with Crippen LogP contribution < -0.4 is 10.1 Å². The molecule has 2 heterocycles. The molecule has 8 nitrogen and oxygen atoms in total. The zero-order valence-corrected chi connectivity index (χ0v) is 23.5. The second-order valence-corrected chi connectivity index (χ2v) is 11.8. The number of hydrogen-bond donors (Lipinski definition) is 1. The van der Waals surface area contributed by atoms with Crippen LogP contribution in [0.5, 0.6) is 5.75 Å². The molecule has 0 saturated carbocycles. The van der Waals surface area contributed by atoms with Gasteiger partial charge in [-0.2, -0.15) is 4.31 Å². The number of aromatic nitrogens is 2. The SMILES string of the molecule is CCCc1ccc(S(=O)(=O)N2CCN([C@@H](C)c3nc(Nc4cccc(OC)c4)c4ccccc4n3)CC2)cc1. The van der Waals surface area contributed by atoms with Gasteiger partial charge in [-0.25, -0.2) is 18.4 Å². The van der Waals surface area contributed by atoms with Gasteiger partial charge < -0.3 is 10.1 Å². The lowest BCUT2D eigenvalue weighted by atomic mass is 10.1. The summed E-state index contributed by atoms with van der Waals surface area (Å²) in [4.78, 5) is 12.4. The molecule has 0 aliphatic carbocycles. The number of nitrogens with zero attached hydrogens (tertiary/aromatic N) is 4. The molecule has 1 fully saturated rings. The van der Waals surface area contributed by atoms with Crippen molar-refractivity contribution in [2.45, 2.75) is 37.6 Å². The van der Waals surface area contributed by atoms with Crippen LogP contribution >= 0.6 is 0 Å². The maximum Gasteiger partial charge on any atom is 0.243 e. The second-order valence-electron chi connectivity index (χ2n) is 9.81. The molecule has 1 aliphatic heterocycles. The largest absolute Gasteiger partial charge is 0.497 e. The van der Waals surface area contributed by atoms with E-state index in [0.717, 1.165) is 46.6 Å². The maximum atomic E-state index is 13.3. The summed E-state index contributed by atoms with van der Waals surface area (Å²) in [7, 11) is -1.88. The molecule has 0 radical (unpaired) electrons. The Morgan fingerprint density at radius 1 is 0.949 bits per heavy atom. The zero-order valence-electron chi connectivity index (χ0n) is 22.7. The molecule has 0 unspecified atom stereocenters. The zero-order chi connectivity index (χ0) is 27.4. The number of methoxy groups -OCH3 is 1. The van der Waals surface area contributed by atoms with Gasteiger partial charge >= 0.3 is 0 Å². The second kappa shape index (κ2) is 11.7. The van der Waals surface area contributed by atoms with Crippen LogP contribution in [-0.2, 0) is 16.4 Å². The molecule has 1 saturated heterocycles. The van der Waals surface area contributed by atoms with Gasteiger partial charge in [0.15, 0.2) is 0 Å². The van der Waals surface area contributed by atoms with Crippen LogP contribution in [0.3, 0.4) is 0 Å². The van der Waals surface area contributed by atoms with Gasteiger partial charge in [0.05, 0.1) is 23.6 Å². The van der Waals surface area contributed by atoms with Crippen molar-refractivity contribution in [3.8, 4) is 5.75 Å². The van der Waals surface area contributed by atoms with E-state index in [1.54, 1.807) is 23.5 Å². The summed E-state index contributed by atoms with van der Waals surface area (Å²) in [5.74, 6) is 2.18. The normalized spacial score (nSPS) is 15.8. The summed E-state index contributed by atoms with van der Waals surface area (Å²) in [6, 6.07) is 22.9. The Morgan fingerprint density at radius 2 is 1.69 bits per heavy atom. The average Bonchev–Trinajstić information content (AvgIpc) is 2.97. The lowest BCUT2D eigenvalue weighted by Gasteiger charge is -2.37. The number of para-hydroxylation sites is 1. The third-order valence-electron chi connectivity index (χ3n) is 7.25. The minimum absolute atomic E-state index is 0.0846. The fraction of sp³-hybridized carbons (Fsp3) is 0.333. The summed E-state index contributed by atoms with van der Waals surface area (Å²) in [5, 5.41) is 4.37. The molecule has 39 heavy (non-hydrogen) atoms. The molecule has 1 N–H and O–H groups in total. The van der Waals surface area contributed by atoms with Crippen molar-refractivity contribution in [1.29, 1.82) is 0 Å². The van der Waals surface area contributed by atoms with Crippen molar-refractivity contribution in [1.82, 2.24) is 19.2 Å². The van der Waals surface area contributed by atoms with E-state index in [1.165, 1.54) is 0 Å². The van der Waals surface area contributed by atoms with Crippen molar-refractivity contribution >= 4 is 32.4 Å². The summed E-state index contributed by atoms with van der Waals surface area (Å²) in [6.45, 7) is 6.24. The van der Waals surface area contributed by atoms with E-state index in [1.807, 2.05) is 60.7 Å². The standard InChI is InChI=1S/C30H35N5O3S/c1-4-8-23-13-15-26(16-14-23)39(36,37)35-19-17-34(18-20-35)22(2)29-32-28-12-6-5-11-27(28)30(33-29)31-24-9-7-10-25(21-24)38-3/h5-7,9-16,21-22H,4,8,17-20H2,1-3H3,(H,31,32,33)/t22-/m0/s1. The molecule has 4 aromatic rings. The Balaban J connectivity index is 1.33. The van der Waals surface area contributed by atoms with Gasteiger partial charge in [0.2, 0.25) is 10.0 Å². The van der Waals surface area contributed by atoms with Gasteiger partial charge in [-0.05, 0) is 55.3 Å². The van der Waals surface area contributed by atoms with Crippen molar-refractivity contribution in [3.63, 3.8) is 0 Å². The first-order valence-corrected chi connectivity index (χ1v) is 14.8. The predicted octanol–water partition coefficient (Wildman–Crippen LogP) is 5.40. The van der Waals surface area contributed by atoms with Crippen LogP contribution in [0.25, 0.3) is 10.9 Å². The number of rotatable bonds is 9. The number of hydrogen-bond acceptors (Lipinski definition) is 7. The molecule has 0 bridgehead atoms. The Kier molecular flexibility index (Phi) is 8.11. The number of anilines is 2. The lowest BCUT2D eigenvalue weighted by Crippen LogP contribution is -2.49. The van der Waals surface area contributed by atoms with Crippen LogP contribution in [0.2, 0.25) is 0 Å². The monoisotopic (exact) mass is 545 g/mol. The predicted molar refractivity (Wildman–Crippen MR) is 155 cm³/mol. The Morgan fingerprint density at radius 3 is 2.41 bits per heavy atom. The fourth-order valence-corrected chi connectivity index (χ4v) is 6.40. The summed E-state index contributed by atoms with van der Waals surface area (Å²) in [6.07, 6.45) is 1.98. The highest BCUT2D eigenvalue weighted by molar-refractivity contribution is 7.89. The third-order valence-corrected chi connectivity index (χ3v) is 9.16. The van der Waals surface area contributed by atoms with E-state index < -0.39 is 10.0 Å². The molecule has 1 atom stereocenters. The lowest BCUT2D eigenvalue weighted by molar-refractivity contribution is 0.141. The Bertz CT molecular complexity index is 1530. The maximum absolute atomic E-state index is 13.3. The summed E-state index contributed by atoms with van der Waals surface area (Å²) >= 11 is 0. The number of aryl methyl sites for hydroxylation is 1. The third kappa shape index (κ3) is 5.90. The van der Waals surface area contributed by atoms with E-state index in [-0.39, 0.29) is 6.04 Å². The van der Waals surface area contributed by atoms with Crippen molar-refractivity contribution in [2.75, 3.05) is 38.6 Å². The quantitative estimate of drug-likeness (QED) is 0.301. The van der Waals surface area contributed by atoms with Gasteiger partial charge in [0.25, 0.3) is 0 Å². The van der Waals surface area contributed by atoms with Crippen LogP contribution in [0.15, 0.2) is 77.7 Å². The number of benzene rings is 3. The fourth-order valence-electron chi connectivity index (χ4n) is 4.97. The molecule has 0 spiro atoms. The number of ether oxygens (including phenoxy) is 1. The van der Waals surface area contributed by atoms with Crippen molar-refractivity contribution < 1.29 is 13.2 Å².